The zero-order chi connectivity index (χ0) is 15.6. The van der Waals surface area contributed by atoms with E-state index in [1.54, 1.807) is 24.3 Å². The molecule has 0 bridgehead atoms. The summed E-state index contributed by atoms with van der Waals surface area (Å²) in [4.78, 5) is 4.46. The van der Waals surface area contributed by atoms with Crippen LogP contribution in [0.25, 0.3) is 11.3 Å². The molecule has 0 unspecified atom stereocenters. The maximum Gasteiger partial charge on any atom is 0.145 e. The van der Waals surface area contributed by atoms with Crippen molar-refractivity contribution in [3.05, 3.63) is 50.9 Å². The molecule has 1 N–H and O–H groups in total. The van der Waals surface area contributed by atoms with Gasteiger partial charge in [-0.05, 0) is 12.1 Å². The van der Waals surface area contributed by atoms with E-state index in [0.717, 1.165) is 5.69 Å². The van der Waals surface area contributed by atoms with E-state index >= 15 is 0 Å². The van der Waals surface area contributed by atoms with E-state index in [0.29, 0.717) is 15.6 Å². The number of nitrogens with zero attached hydrogens (tertiary/aromatic N) is 2. The number of aliphatic hydroxyl groups is 1. The van der Waals surface area contributed by atoms with Crippen molar-refractivity contribution in [1.82, 2.24) is 4.98 Å². The third-order valence-electron chi connectivity index (χ3n) is 2.96. The average Bonchev–Trinajstić information content (AvgIpc) is 2.89. The fraction of sp³-hybridized carbons (Fsp3) is 0.250. The number of hydrogen-bond donors (Lipinski definition) is 1. The van der Waals surface area contributed by atoms with Crippen molar-refractivity contribution in [1.29, 1.82) is 5.26 Å². The van der Waals surface area contributed by atoms with Crippen molar-refractivity contribution in [2.75, 3.05) is 0 Å². The minimum absolute atomic E-state index is 0.102. The molecule has 2 rings (SSSR count). The molecule has 0 spiro atoms. The normalized spacial score (nSPS) is 12.7. The van der Waals surface area contributed by atoms with E-state index in [9.17, 15) is 10.4 Å². The third-order valence-corrected chi connectivity index (χ3v) is 4.15. The molecule has 5 heteroatoms. The minimum atomic E-state index is -0.141. The summed E-state index contributed by atoms with van der Waals surface area (Å²) in [5, 5.41) is 22.5. The van der Waals surface area contributed by atoms with Crippen molar-refractivity contribution in [2.24, 2.45) is 0 Å². The van der Waals surface area contributed by atoms with Gasteiger partial charge in [0, 0.05) is 16.4 Å². The predicted molar refractivity (Wildman–Crippen MR) is 87.3 cm³/mol. The van der Waals surface area contributed by atoms with Crippen LogP contribution in [0, 0.1) is 11.3 Å². The van der Waals surface area contributed by atoms with Gasteiger partial charge in [0.05, 0.1) is 10.7 Å². The van der Waals surface area contributed by atoms with Crippen LogP contribution >= 0.6 is 22.9 Å². The lowest BCUT2D eigenvalue weighted by Crippen LogP contribution is -2.11. The van der Waals surface area contributed by atoms with Gasteiger partial charge >= 0.3 is 0 Å². The van der Waals surface area contributed by atoms with Gasteiger partial charge < -0.3 is 5.11 Å². The van der Waals surface area contributed by atoms with E-state index in [2.05, 4.69) is 25.8 Å². The Morgan fingerprint density at radius 2 is 2.00 bits per heavy atom. The lowest BCUT2D eigenvalue weighted by atomic mass is 9.93. The molecule has 0 fully saturated rings. The summed E-state index contributed by atoms with van der Waals surface area (Å²) in [6, 6.07) is 8.90. The smallest absolute Gasteiger partial charge is 0.145 e. The van der Waals surface area contributed by atoms with Crippen molar-refractivity contribution < 1.29 is 5.11 Å². The second-order valence-corrected chi connectivity index (χ2v) is 6.87. The molecule has 108 valence electrons. The highest BCUT2D eigenvalue weighted by Crippen LogP contribution is 2.32. The van der Waals surface area contributed by atoms with Crippen LogP contribution in [0.4, 0.5) is 0 Å². The van der Waals surface area contributed by atoms with Gasteiger partial charge in [-0.2, -0.15) is 5.26 Å². The van der Waals surface area contributed by atoms with Crippen LogP contribution in [0.2, 0.25) is 5.02 Å². The number of thiazole rings is 1. The third kappa shape index (κ3) is 3.26. The summed E-state index contributed by atoms with van der Waals surface area (Å²) < 4.78 is 0. The molecule has 1 aromatic carbocycles. The maximum absolute atomic E-state index is 10.4. The van der Waals surface area contributed by atoms with Crippen molar-refractivity contribution in [2.45, 2.75) is 26.2 Å². The topological polar surface area (TPSA) is 56.9 Å². The second kappa shape index (κ2) is 5.88. The van der Waals surface area contributed by atoms with E-state index in [1.165, 1.54) is 11.3 Å². The largest absolute Gasteiger partial charge is 0.506 e. The zero-order valence-electron chi connectivity index (χ0n) is 12.0. The Labute approximate surface area is 133 Å². The summed E-state index contributed by atoms with van der Waals surface area (Å²) in [7, 11) is 0. The first kappa shape index (κ1) is 15.6. The van der Waals surface area contributed by atoms with E-state index in [4.69, 9.17) is 11.6 Å². The first-order valence-electron chi connectivity index (χ1n) is 6.39. The van der Waals surface area contributed by atoms with Crippen LogP contribution in [-0.2, 0) is 5.41 Å². The molecule has 0 aliphatic heterocycles. The summed E-state index contributed by atoms with van der Waals surface area (Å²) >= 11 is 7.41. The highest BCUT2D eigenvalue weighted by Gasteiger charge is 2.21. The van der Waals surface area contributed by atoms with Crippen LogP contribution in [0.1, 0.15) is 37.0 Å². The minimum Gasteiger partial charge on any atom is -0.506 e. The van der Waals surface area contributed by atoms with Crippen LogP contribution in [0.15, 0.2) is 29.6 Å². The van der Waals surface area contributed by atoms with Gasteiger partial charge in [0.15, 0.2) is 0 Å². The molecular weight excluding hydrogens is 304 g/mol. The Morgan fingerprint density at radius 3 is 2.52 bits per heavy atom. The van der Waals surface area contributed by atoms with Gasteiger partial charge in [0.2, 0.25) is 0 Å². The first-order valence-corrected chi connectivity index (χ1v) is 7.65. The van der Waals surface area contributed by atoms with E-state index in [1.807, 2.05) is 11.4 Å². The van der Waals surface area contributed by atoms with Gasteiger partial charge in [0.1, 0.15) is 22.4 Å². The van der Waals surface area contributed by atoms with E-state index < -0.39 is 0 Å². The molecule has 2 aromatic rings. The SMILES string of the molecule is CC(C)(C)c1csc(/C(C#N)=C(/O)c2ccccc2Cl)n1. The molecule has 0 saturated carbocycles. The van der Waals surface area contributed by atoms with Gasteiger partial charge in [-0.3, -0.25) is 0 Å². The number of aromatic nitrogens is 1. The Bertz CT molecular complexity index is 735. The summed E-state index contributed by atoms with van der Waals surface area (Å²) in [6.45, 7) is 6.15. The lowest BCUT2D eigenvalue weighted by Gasteiger charge is -2.14. The fourth-order valence-electron chi connectivity index (χ4n) is 1.72. The number of aliphatic hydroxyl groups excluding tert-OH is 1. The zero-order valence-corrected chi connectivity index (χ0v) is 13.6. The molecule has 0 saturated heterocycles. The number of hydrogen-bond acceptors (Lipinski definition) is 4. The summed E-state index contributed by atoms with van der Waals surface area (Å²) in [5.74, 6) is -0.141. The van der Waals surface area contributed by atoms with E-state index in [-0.39, 0.29) is 16.7 Å². The number of halogens is 1. The number of rotatable bonds is 2. The Hall–Kier alpha value is -1.83. The van der Waals surface area contributed by atoms with Crippen LogP contribution in [-0.4, -0.2) is 10.1 Å². The van der Waals surface area contributed by atoms with Crippen LogP contribution < -0.4 is 0 Å². The monoisotopic (exact) mass is 318 g/mol. The molecule has 0 radical (unpaired) electrons. The van der Waals surface area contributed by atoms with Gasteiger partial charge in [-0.15, -0.1) is 11.3 Å². The van der Waals surface area contributed by atoms with Gasteiger partial charge in [0.25, 0.3) is 0 Å². The van der Waals surface area contributed by atoms with Gasteiger partial charge in [-0.1, -0.05) is 44.5 Å². The highest BCUT2D eigenvalue weighted by atomic mass is 35.5. The average molecular weight is 319 g/mol. The summed E-state index contributed by atoms with van der Waals surface area (Å²) in [5.41, 5.74) is 1.36. The molecule has 0 aliphatic carbocycles. The molecule has 0 aliphatic rings. The fourth-order valence-corrected chi connectivity index (χ4v) is 2.99. The van der Waals surface area contributed by atoms with Crippen LogP contribution in [0.3, 0.4) is 0 Å². The molecule has 1 heterocycles. The lowest BCUT2D eigenvalue weighted by molar-refractivity contribution is 0.514. The Morgan fingerprint density at radius 1 is 1.33 bits per heavy atom. The van der Waals surface area contributed by atoms with Crippen molar-refractivity contribution in [3.8, 4) is 6.07 Å². The molecule has 21 heavy (non-hydrogen) atoms. The first-order chi connectivity index (χ1) is 9.84. The van der Waals surface area contributed by atoms with Crippen LogP contribution in [0.5, 0.6) is 0 Å². The number of benzene rings is 1. The molecular formula is C16H15ClN2OS. The van der Waals surface area contributed by atoms with Crippen molar-refractivity contribution >= 4 is 34.3 Å². The van der Waals surface area contributed by atoms with Gasteiger partial charge in [-0.25, -0.2) is 4.98 Å². The second-order valence-electron chi connectivity index (χ2n) is 5.60. The Kier molecular flexibility index (Phi) is 4.36. The molecule has 0 atom stereocenters. The maximum atomic E-state index is 10.4. The quantitative estimate of drug-likeness (QED) is 0.623. The highest BCUT2D eigenvalue weighted by molar-refractivity contribution is 7.11. The number of nitriles is 1. The number of allylic oxidation sites excluding steroid dienone is 1. The summed E-state index contributed by atoms with van der Waals surface area (Å²) in [6.07, 6.45) is 0. The molecule has 1 aromatic heterocycles. The Balaban J connectivity index is 2.54. The van der Waals surface area contributed by atoms with Crippen molar-refractivity contribution in [3.63, 3.8) is 0 Å². The molecule has 3 nitrogen and oxygen atoms in total. The molecule has 0 amide bonds. The predicted octanol–water partition coefficient (Wildman–Crippen LogP) is 5.04. The standard InChI is InChI=1S/C16H15ClN2OS/c1-16(2,3)13-9-21-15(19-13)11(8-18)14(20)10-6-4-5-7-12(10)17/h4-7,9,20H,1-3H3/b14-11+.